The third kappa shape index (κ3) is 4.72. The maximum atomic E-state index is 12.5. The molecule has 0 aliphatic heterocycles. The summed E-state index contributed by atoms with van der Waals surface area (Å²) in [5, 5.41) is 5.48. The maximum Gasteiger partial charge on any atom is 0.387 e. The maximum absolute atomic E-state index is 12.5. The molecule has 0 saturated heterocycles. The highest BCUT2D eigenvalue weighted by atomic mass is 35.5. The van der Waals surface area contributed by atoms with Gasteiger partial charge < -0.3 is 14.8 Å². The zero-order chi connectivity index (χ0) is 19.4. The predicted octanol–water partition coefficient (Wildman–Crippen LogP) is 5.33. The van der Waals surface area contributed by atoms with E-state index in [4.69, 9.17) is 16.3 Å². The van der Waals surface area contributed by atoms with Crippen LogP contribution in [-0.2, 0) is 0 Å². The number of nitrogens with one attached hydrogen (secondary N) is 1. The number of amides is 1. The number of alkyl halides is 2. The molecule has 5 nitrogen and oxygen atoms in total. The number of nitrogens with zero attached hydrogens (tertiary/aromatic N) is 1. The Morgan fingerprint density at radius 1 is 1.19 bits per heavy atom. The molecule has 3 aromatic rings. The number of hydrogen-bond donors (Lipinski definition) is 1. The third-order valence-corrected chi connectivity index (χ3v) is 4.61. The molecule has 0 bridgehead atoms. The summed E-state index contributed by atoms with van der Waals surface area (Å²) in [7, 11) is 1.33. The number of hydrogen-bond acceptors (Lipinski definition) is 5. The molecule has 0 aliphatic rings. The van der Waals surface area contributed by atoms with Crippen LogP contribution in [0.25, 0.3) is 10.6 Å². The highest BCUT2D eigenvalue weighted by Crippen LogP contribution is 2.32. The van der Waals surface area contributed by atoms with E-state index in [0.717, 1.165) is 5.56 Å². The number of carbonyl (C=O) groups is 1. The minimum atomic E-state index is -3.01. The quantitative estimate of drug-likeness (QED) is 0.597. The molecule has 27 heavy (non-hydrogen) atoms. The SMILES string of the molecule is COc1ccc(NC(=O)c2csc(-c3ccc(Cl)cc3)n2)cc1OC(F)F. The van der Waals surface area contributed by atoms with Crippen LogP contribution in [0.1, 0.15) is 10.5 Å². The van der Waals surface area contributed by atoms with E-state index in [1.54, 1.807) is 29.6 Å². The van der Waals surface area contributed by atoms with Gasteiger partial charge in [-0.15, -0.1) is 11.3 Å². The Kier molecular flexibility index (Phi) is 5.88. The molecule has 0 saturated carbocycles. The van der Waals surface area contributed by atoms with Crippen LogP contribution in [-0.4, -0.2) is 24.6 Å². The number of anilines is 1. The Hall–Kier alpha value is -2.71. The molecule has 1 amide bonds. The van der Waals surface area contributed by atoms with Gasteiger partial charge >= 0.3 is 6.61 Å². The minimum absolute atomic E-state index is 0.131. The summed E-state index contributed by atoms with van der Waals surface area (Å²) in [5.74, 6) is -0.517. The van der Waals surface area contributed by atoms with E-state index in [1.807, 2.05) is 0 Å². The molecule has 0 atom stereocenters. The first-order chi connectivity index (χ1) is 13.0. The van der Waals surface area contributed by atoms with E-state index in [9.17, 15) is 13.6 Å². The van der Waals surface area contributed by atoms with Gasteiger partial charge in [0, 0.05) is 27.7 Å². The molecule has 0 fully saturated rings. The fourth-order valence-corrected chi connectivity index (χ4v) is 3.17. The number of thiazole rings is 1. The zero-order valence-corrected chi connectivity index (χ0v) is 15.5. The lowest BCUT2D eigenvalue weighted by atomic mass is 10.2. The van der Waals surface area contributed by atoms with Gasteiger partial charge in [0.25, 0.3) is 5.91 Å². The number of rotatable bonds is 6. The normalized spacial score (nSPS) is 10.7. The molecule has 1 N–H and O–H groups in total. The fraction of sp³-hybridized carbons (Fsp3) is 0.111. The molecule has 0 spiro atoms. The third-order valence-electron chi connectivity index (χ3n) is 3.47. The van der Waals surface area contributed by atoms with E-state index in [0.29, 0.717) is 10.0 Å². The summed E-state index contributed by atoms with van der Waals surface area (Å²) in [6.45, 7) is -3.01. The van der Waals surface area contributed by atoms with Crippen LogP contribution in [0, 0.1) is 0 Å². The van der Waals surface area contributed by atoms with Crippen molar-refractivity contribution in [1.29, 1.82) is 0 Å². The smallest absolute Gasteiger partial charge is 0.387 e. The van der Waals surface area contributed by atoms with E-state index in [-0.39, 0.29) is 22.9 Å². The molecule has 1 heterocycles. The average Bonchev–Trinajstić information content (AvgIpc) is 3.12. The fourth-order valence-electron chi connectivity index (χ4n) is 2.24. The Bertz CT molecular complexity index is 948. The summed E-state index contributed by atoms with van der Waals surface area (Å²) in [6, 6.07) is 11.3. The van der Waals surface area contributed by atoms with Crippen LogP contribution in [0.5, 0.6) is 11.5 Å². The van der Waals surface area contributed by atoms with E-state index >= 15 is 0 Å². The van der Waals surface area contributed by atoms with Gasteiger partial charge in [0.2, 0.25) is 0 Å². The molecule has 0 aliphatic carbocycles. The van der Waals surface area contributed by atoms with E-state index in [1.165, 1.54) is 36.6 Å². The van der Waals surface area contributed by atoms with Crippen molar-refractivity contribution in [2.24, 2.45) is 0 Å². The summed E-state index contributed by atoms with van der Waals surface area (Å²) in [4.78, 5) is 16.7. The predicted molar refractivity (Wildman–Crippen MR) is 100 cm³/mol. The van der Waals surface area contributed by atoms with E-state index in [2.05, 4.69) is 15.0 Å². The first kappa shape index (κ1) is 19.1. The second-order valence-corrected chi connectivity index (χ2v) is 6.54. The Morgan fingerprint density at radius 2 is 1.93 bits per heavy atom. The van der Waals surface area contributed by atoms with E-state index < -0.39 is 12.5 Å². The first-order valence-corrected chi connectivity index (χ1v) is 8.87. The minimum Gasteiger partial charge on any atom is -0.493 e. The Morgan fingerprint density at radius 3 is 2.59 bits per heavy atom. The molecule has 3 rings (SSSR count). The van der Waals surface area contributed by atoms with Gasteiger partial charge in [-0.05, 0) is 24.3 Å². The van der Waals surface area contributed by atoms with Crippen molar-refractivity contribution in [1.82, 2.24) is 4.98 Å². The molecular weight excluding hydrogens is 398 g/mol. The Labute approximate surface area is 162 Å². The molecule has 0 radical (unpaired) electrons. The summed E-state index contributed by atoms with van der Waals surface area (Å²) < 4.78 is 34.4. The van der Waals surface area contributed by atoms with Crippen molar-refractivity contribution in [3.05, 3.63) is 58.6 Å². The van der Waals surface area contributed by atoms with Crippen LogP contribution in [0.15, 0.2) is 47.8 Å². The van der Waals surface area contributed by atoms with Gasteiger partial charge in [0.15, 0.2) is 11.5 Å². The monoisotopic (exact) mass is 410 g/mol. The first-order valence-electron chi connectivity index (χ1n) is 7.62. The standard InChI is InChI=1S/C18H13ClF2N2O3S/c1-25-14-7-6-12(8-15(14)26-18(20)21)22-16(24)13-9-27-17(23-13)10-2-4-11(19)5-3-10/h2-9,18H,1H3,(H,22,24). The molecule has 0 unspecified atom stereocenters. The molecule has 140 valence electrons. The lowest BCUT2D eigenvalue weighted by molar-refractivity contribution is -0.0511. The van der Waals surface area contributed by atoms with Crippen molar-refractivity contribution in [2.45, 2.75) is 6.61 Å². The second-order valence-electron chi connectivity index (χ2n) is 5.24. The van der Waals surface area contributed by atoms with Crippen molar-refractivity contribution >= 4 is 34.5 Å². The lowest BCUT2D eigenvalue weighted by Crippen LogP contribution is -2.12. The number of aromatic nitrogens is 1. The number of ether oxygens (including phenoxy) is 2. The van der Waals surface area contributed by atoms with Crippen molar-refractivity contribution in [3.63, 3.8) is 0 Å². The van der Waals surface area contributed by atoms with Crippen molar-refractivity contribution < 1.29 is 23.0 Å². The van der Waals surface area contributed by atoms with Crippen molar-refractivity contribution in [2.75, 3.05) is 12.4 Å². The van der Waals surface area contributed by atoms with Gasteiger partial charge in [-0.25, -0.2) is 4.98 Å². The van der Waals surface area contributed by atoms with Crippen LogP contribution < -0.4 is 14.8 Å². The van der Waals surface area contributed by atoms with Gasteiger partial charge in [0.05, 0.1) is 7.11 Å². The van der Waals surface area contributed by atoms with Crippen LogP contribution in [0.4, 0.5) is 14.5 Å². The van der Waals surface area contributed by atoms with Crippen LogP contribution in [0.3, 0.4) is 0 Å². The number of carbonyl (C=O) groups excluding carboxylic acids is 1. The van der Waals surface area contributed by atoms with Gasteiger partial charge in [0.1, 0.15) is 10.7 Å². The highest BCUT2D eigenvalue weighted by Gasteiger charge is 2.15. The molecule has 1 aromatic heterocycles. The van der Waals surface area contributed by atoms with Gasteiger partial charge in [-0.2, -0.15) is 8.78 Å². The van der Waals surface area contributed by atoms with Crippen LogP contribution >= 0.6 is 22.9 Å². The number of halogens is 3. The van der Waals surface area contributed by atoms with Crippen LogP contribution in [0.2, 0.25) is 5.02 Å². The van der Waals surface area contributed by atoms with Gasteiger partial charge in [-0.3, -0.25) is 4.79 Å². The second kappa shape index (κ2) is 8.32. The topological polar surface area (TPSA) is 60.5 Å². The molecular formula is C18H13ClF2N2O3S. The highest BCUT2D eigenvalue weighted by molar-refractivity contribution is 7.13. The lowest BCUT2D eigenvalue weighted by Gasteiger charge is -2.11. The molecule has 9 heteroatoms. The summed E-state index contributed by atoms with van der Waals surface area (Å²) in [5.41, 5.74) is 1.31. The molecule has 2 aromatic carbocycles. The summed E-state index contributed by atoms with van der Waals surface area (Å²) in [6.07, 6.45) is 0. The number of benzene rings is 2. The number of methoxy groups -OCH3 is 1. The van der Waals surface area contributed by atoms with Gasteiger partial charge in [-0.1, -0.05) is 23.7 Å². The summed E-state index contributed by atoms with van der Waals surface area (Å²) >= 11 is 7.17. The van der Waals surface area contributed by atoms with Crippen molar-refractivity contribution in [3.8, 4) is 22.1 Å². The Balaban J connectivity index is 1.76. The average molecular weight is 411 g/mol. The largest absolute Gasteiger partial charge is 0.493 e. The zero-order valence-electron chi connectivity index (χ0n) is 13.9.